The lowest BCUT2D eigenvalue weighted by atomic mass is 9.91. The van der Waals surface area contributed by atoms with E-state index in [-0.39, 0.29) is 22.9 Å². The van der Waals surface area contributed by atoms with E-state index >= 15 is 0 Å². The number of amides is 1. The number of hydrogen-bond acceptors (Lipinski definition) is 3. The molecule has 1 fully saturated rings. The van der Waals surface area contributed by atoms with Crippen molar-refractivity contribution in [3.8, 4) is 0 Å². The molecule has 1 unspecified atom stereocenters. The second-order valence-electron chi connectivity index (χ2n) is 5.38. The number of aromatic nitrogens is 1. The number of pyridine rings is 1. The molecule has 19 heavy (non-hydrogen) atoms. The summed E-state index contributed by atoms with van der Waals surface area (Å²) in [5, 5.41) is 0. The van der Waals surface area contributed by atoms with Gasteiger partial charge in [-0.05, 0) is 32.6 Å². The lowest BCUT2D eigenvalue weighted by Crippen LogP contribution is -2.43. The maximum atomic E-state index is 12.3. The van der Waals surface area contributed by atoms with E-state index in [1.165, 1.54) is 12.3 Å². The molecule has 0 aromatic carbocycles. The molecular formula is C14H21N3O2. The van der Waals surface area contributed by atoms with Crippen molar-refractivity contribution in [1.29, 1.82) is 0 Å². The van der Waals surface area contributed by atoms with Gasteiger partial charge in [0.1, 0.15) is 5.56 Å². The highest BCUT2D eigenvalue weighted by Gasteiger charge is 2.26. The van der Waals surface area contributed by atoms with Crippen LogP contribution in [0.3, 0.4) is 0 Å². The van der Waals surface area contributed by atoms with Gasteiger partial charge in [0.2, 0.25) is 0 Å². The van der Waals surface area contributed by atoms with Crippen molar-refractivity contribution in [3.05, 3.63) is 33.7 Å². The smallest absolute Gasteiger partial charge is 0.259 e. The van der Waals surface area contributed by atoms with E-state index in [4.69, 9.17) is 5.73 Å². The van der Waals surface area contributed by atoms with Crippen LogP contribution in [0, 0.1) is 12.8 Å². The van der Waals surface area contributed by atoms with E-state index < -0.39 is 0 Å². The first kappa shape index (κ1) is 13.8. The Kier molecular flexibility index (Phi) is 4.04. The molecule has 1 aromatic rings. The largest absolute Gasteiger partial charge is 0.364 e. The van der Waals surface area contributed by atoms with Gasteiger partial charge in [0.15, 0.2) is 5.43 Å². The fraction of sp³-hybridized carbons (Fsp3) is 0.571. The number of piperidine rings is 1. The third-order valence-electron chi connectivity index (χ3n) is 3.86. The van der Waals surface area contributed by atoms with Crippen LogP contribution in [0.4, 0.5) is 0 Å². The van der Waals surface area contributed by atoms with Gasteiger partial charge in [-0.15, -0.1) is 0 Å². The van der Waals surface area contributed by atoms with Gasteiger partial charge in [0.05, 0.1) is 0 Å². The van der Waals surface area contributed by atoms with Gasteiger partial charge in [-0.1, -0.05) is 0 Å². The van der Waals surface area contributed by atoms with Crippen LogP contribution < -0.4 is 11.2 Å². The highest BCUT2D eigenvalue weighted by molar-refractivity contribution is 5.93. The van der Waals surface area contributed by atoms with Crippen molar-refractivity contribution in [2.24, 2.45) is 11.7 Å². The summed E-state index contributed by atoms with van der Waals surface area (Å²) in [6.45, 7) is 5.16. The van der Waals surface area contributed by atoms with Gasteiger partial charge in [0.25, 0.3) is 5.91 Å². The number of carbonyl (C=O) groups is 1. The Morgan fingerprint density at radius 3 is 2.63 bits per heavy atom. The number of carbonyl (C=O) groups excluding carboxylic acids is 1. The van der Waals surface area contributed by atoms with Gasteiger partial charge in [-0.3, -0.25) is 9.59 Å². The van der Waals surface area contributed by atoms with Gasteiger partial charge in [-0.2, -0.15) is 0 Å². The summed E-state index contributed by atoms with van der Waals surface area (Å²) in [6, 6.07) is 1.63. The first-order valence-corrected chi connectivity index (χ1v) is 6.73. The quantitative estimate of drug-likeness (QED) is 0.831. The molecule has 0 saturated carbocycles. The highest BCUT2D eigenvalue weighted by Crippen LogP contribution is 2.20. The molecule has 0 spiro atoms. The summed E-state index contributed by atoms with van der Waals surface area (Å²) in [5.74, 6) is 0.296. The summed E-state index contributed by atoms with van der Waals surface area (Å²) in [5.41, 5.74) is 6.66. The molecule has 0 aliphatic carbocycles. The Balaban J connectivity index is 2.07. The van der Waals surface area contributed by atoms with Crippen LogP contribution >= 0.6 is 0 Å². The highest BCUT2D eigenvalue weighted by atomic mass is 16.2. The number of aryl methyl sites for hydroxylation is 1. The van der Waals surface area contributed by atoms with Gasteiger partial charge < -0.3 is 15.6 Å². The Hall–Kier alpha value is -1.62. The minimum atomic E-state index is -0.212. The summed E-state index contributed by atoms with van der Waals surface area (Å²) < 4.78 is 0. The zero-order chi connectivity index (χ0) is 14.0. The minimum absolute atomic E-state index is 0.167. The van der Waals surface area contributed by atoms with E-state index in [9.17, 15) is 9.59 Å². The second kappa shape index (κ2) is 5.57. The van der Waals surface area contributed by atoms with Crippen LogP contribution in [0.25, 0.3) is 0 Å². The van der Waals surface area contributed by atoms with Gasteiger partial charge in [-0.25, -0.2) is 0 Å². The number of nitrogens with two attached hydrogens (primary N) is 1. The number of rotatable bonds is 2. The lowest BCUT2D eigenvalue weighted by Gasteiger charge is -2.33. The average molecular weight is 263 g/mol. The van der Waals surface area contributed by atoms with Crippen molar-refractivity contribution in [3.63, 3.8) is 0 Å². The van der Waals surface area contributed by atoms with E-state index in [2.05, 4.69) is 4.98 Å². The van der Waals surface area contributed by atoms with Gasteiger partial charge in [0, 0.05) is 37.1 Å². The predicted molar refractivity (Wildman–Crippen MR) is 74.1 cm³/mol. The van der Waals surface area contributed by atoms with Crippen LogP contribution in [0.15, 0.2) is 17.1 Å². The average Bonchev–Trinajstić information content (AvgIpc) is 2.38. The number of hydrogen-bond donors (Lipinski definition) is 2. The molecule has 2 heterocycles. The molecule has 104 valence electrons. The molecule has 2 rings (SSSR count). The molecule has 5 nitrogen and oxygen atoms in total. The molecule has 1 aliphatic heterocycles. The SMILES string of the molecule is Cc1cc(=O)c(C(=O)N2CCC(C(C)N)CC2)c[nH]1. The van der Waals surface area contributed by atoms with Crippen LogP contribution in [-0.4, -0.2) is 34.9 Å². The Morgan fingerprint density at radius 1 is 1.47 bits per heavy atom. The van der Waals surface area contributed by atoms with E-state index in [1.54, 1.807) is 11.8 Å². The predicted octanol–water partition coefficient (Wildman–Crippen LogP) is 0.883. The van der Waals surface area contributed by atoms with E-state index in [1.807, 2.05) is 6.92 Å². The number of nitrogens with one attached hydrogen (secondary N) is 1. The van der Waals surface area contributed by atoms with Gasteiger partial charge >= 0.3 is 0 Å². The molecule has 3 N–H and O–H groups in total. The summed E-state index contributed by atoms with van der Waals surface area (Å²) >= 11 is 0. The Bertz CT molecular complexity index is 514. The van der Waals surface area contributed by atoms with Crippen LogP contribution in [0.5, 0.6) is 0 Å². The molecule has 1 amide bonds. The monoisotopic (exact) mass is 263 g/mol. The fourth-order valence-corrected chi connectivity index (χ4v) is 2.54. The normalized spacial score (nSPS) is 18.4. The van der Waals surface area contributed by atoms with Crippen molar-refractivity contribution in [2.75, 3.05) is 13.1 Å². The van der Waals surface area contributed by atoms with E-state index in [0.717, 1.165) is 18.5 Å². The minimum Gasteiger partial charge on any atom is -0.364 e. The van der Waals surface area contributed by atoms with Crippen LogP contribution in [0.1, 0.15) is 35.8 Å². The van der Waals surface area contributed by atoms with Crippen molar-refractivity contribution < 1.29 is 4.79 Å². The Labute approximate surface area is 112 Å². The summed E-state index contributed by atoms with van der Waals surface area (Å²) in [7, 11) is 0. The molecule has 5 heteroatoms. The zero-order valence-corrected chi connectivity index (χ0v) is 11.5. The molecule has 1 aromatic heterocycles. The Morgan fingerprint density at radius 2 is 2.11 bits per heavy atom. The maximum absolute atomic E-state index is 12.3. The fourth-order valence-electron chi connectivity index (χ4n) is 2.54. The number of aromatic amines is 1. The molecule has 1 aliphatic rings. The molecular weight excluding hydrogens is 242 g/mol. The second-order valence-corrected chi connectivity index (χ2v) is 5.38. The molecule has 1 saturated heterocycles. The van der Waals surface area contributed by atoms with Crippen molar-refractivity contribution >= 4 is 5.91 Å². The first-order valence-electron chi connectivity index (χ1n) is 6.73. The zero-order valence-electron chi connectivity index (χ0n) is 11.5. The van der Waals surface area contributed by atoms with E-state index in [0.29, 0.717) is 19.0 Å². The summed E-state index contributed by atoms with van der Waals surface area (Å²) in [4.78, 5) is 28.8. The third-order valence-corrected chi connectivity index (χ3v) is 3.86. The molecule has 0 bridgehead atoms. The first-order chi connectivity index (χ1) is 8.99. The van der Waals surface area contributed by atoms with Crippen LogP contribution in [0.2, 0.25) is 0 Å². The van der Waals surface area contributed by atoms with Crippen molar-refractivity contribution in [1.82, 2.24) is 9.88 Å². The van der Waals surface area contributed by atoms with Crippen molar-refractivity contribution in [2.45, 2.75) is 32.7 Å². The molecule has 0 radical (unpaired) electrons. The maximum Gasteiger partial charge on any atom is 0.259 e. The number of nitrogens with zero attached hydrogens (tertiary/aromatic N) is 1. The summed E-state index contributed by atoms with van der Waals surface area (Å²) in [6.07, 6.45) is 3.33. The standard InChI is InChI=1S/C14H21N3O2/c1-9-7-13(18)12(8-16-9)14(19)17-5-3-11(4-6-17)10(2)15/h7-8,10-11H,3-6,15H2,1-2H3,(H,16,18). The number of likely N-dealkylation sites (tertiary alicyclic amines) is 1. The lowest BCUT2D eigenvalue weighted by molar-refractivity contribution is 0.0679. The topological polar surface area (TPSA) is 79.2 Å². The number of H-pyrrole nitrogens is 1. The van der Waals surface area contributed by atoms with Crippen LogP contribution in [-0.2, 0) is 0 Å². The molecule has 1 atom stereocenters. The third kappa shape index (κ3) is 3.04.